The molecule has 1 heterocycles. The number of rotatable bonds is 9. The molecule has 188 valence electrons. The zero-order valence-corrected chi connectivity index (χ0v) is 20.8. The molecule has 0 aliphatic carbocycles. The highest BCUT2D eigenvalue weighted by molar-refractivity contribution is 5.96. The van der Waals surface area contributed by atoms with Crippen LogP contribution in [0.25, 0.3) is 0 Å². The highest BCUT2D eigenvalue weighted by atomic mass is 19.1. The minimum absolute atomic E-state index is 0.00555. The van der Waals surface area contributed by atoms with Crippen LogP contribution in [0.1, 0.15) is 59.3 Å². The number of aryl methyl sites for hydroxylation is 2. The second-order valence-corrected chi connectivity index (χ2v) is 9.80. The maximum atomic E-state index is 13.6. The summed E-state index contributed by atoms with van der Waals surface area (Å²) in [5, 5.41) is 9.34. The van der Waals surface area contributed by atoms with E-state index in [-0.39, 0.29) is 12.1 Å². The molecule has 1 aliphatic heterocycles. The van der Waals surface area contributed by atoms with Gasteiger partial charge in [-0.3, -0.25) is 9.59 Å². The lowest BCUT2D eigenvalue weighted by Crippen LogP contribution is -2.39. The Morgan fingerprint density at radius 3 is 2.47 bits per heavy atom. The molecule has 4 rings (SSSR count). The molecule has 0 saturated carbocycles. The van der Waals surface area contributed by atoms with Crippen molar-refractivity contribution in [2.45, 2.75) is 58.1 Å². The third-order valence-electron chi connectivity index (χ3n) is 6.60. The molecule has 1 aliphatic rings. The van der Waals surface area contributed by atoms with Gasteiger partial charge in [-0.25, -0.2) is 4.39 Å². The summed E-state index contributed by atoms with van der Waals surface area (Å²) in [6, 6.07) is 19.8. The van der Waals surface area contributed by atoms with Gasteiger partial charge in [0, 0.05) is 18.5 Å². The van der Waals surface area contributed by atoms with Crippen LogP contribution in [0.3, 0.4) is 0 Å². The van der Waals surface area contributed by atoms with Gasteiger partial charge in [-0.15, -0.1) is 0 Å². The number of aliphatic carboxylic acids is 1. The number of hydrogen-bond acceptors (Lipinski definition) is 3. The molecule has 3 aromatic rings. The molecule has 6 heteroatoms. The van der Waals surface area contributed by atoms with Gasteiger partial charge >= 0.3 is 5.97 Å². The first-order chi connectivity index (χ1) is 17.2. The SMILES string of the molecule is CCCc1ccc(C[C@]2(C)CCc3cc(C(=O)N(CC(=O)O)Cc4cccc(F)c4)ccc3O2)cc1. The minimum Gasteiger partial charge on any atom is -0.487 e. The quantitative estimate of drug-likeness (QED) is 0.411. The van der Waals surface area contributed by atoms with Crippen molar-refractivity contribution in [3.05, 3.63) is 100 Å². The monoisotopic (exact) mass is 489 g/mol. The summed E-state index contributed by atoms with van der Waals surface area (Å²) in [6.45, 7) is 3.82. The topological polar surface area (TPSA) is 66.8 Å². The Bertz CT molecular complexity index is 1240. The molecular weight excluding hydrogens is 457 g/mol. The number of ether oxygens (including phenoxy) is 1. The van der Waals surface area contributed by atoms with Crippen molar-refractivity contribution in [1.29, 1.82) is 0 Å². The van der Waals surface area contributed by atoms with E-state index in [9.17, 15) is 19.1 Å². The van der Waals surface area contributed by atoms with E-state index in [2.05, 4.69) is 38.1 Å². The number of amides is 1. The van der Waals surface area contributed by atoms with Gasteiger partial charge in [0.05, 0.1) is 0 Å². The zero-order chi connectivity index (χ0) is 25.7. The first-order valence-electron chi connectivity index (χ1n) is 12.4. The van der Waals surface area contributed by atoms with Crippen LogP contribution in [0.4, 0.5) is 4.39 Å². The molecule has 0 fully saturated rings. The smallest absolute Gasteiger partial charge is 0.323 e. The van der Waals surface area contributed by atoms with E-state index in [1.807, 2.05) is 0 Å². The van der Waals surface area contributed by atoms with Crippen LogP contribution in [0.5, 0.6) is 5.75 Å². The molecule has 1 N–H and O–H groups in total. The number of carbonyl (C=O) groups is 2. The molecule has 3 aromatic carbocycles. The summed E-state index contributed by atoms with van der Waals surface area (Å²) < 4.78 is 20.0. The predicted molar refractivity (Wildman–Crippen MR) is 137 cm³/mol. The summed E-state index contributed by atoms with van der Waals surface area (Å²) in [4.78, 5) is 25.9. The molecule has 5 nitrogen and oxygen atoms in total. The van der Waals surface area contributed by atoms with Gasteiger partial charge in [0.25, 0.3) is 5.91 Å². The Balaban J connectivity index is 1.48. The molecule has 1 atom stereocenters. The maximum absolute atomic E-state index is 13.6. The van der Waals surface area contributed by atoms with Crippen LogP contribution in [0, 0.1) is 5.82 Å². The van der Waals surface area contributed by atoms with Gasteiger partial charge in [0.15, 0.2) is 0 Å². The lowest BCUT2D eigenvalue weighted by Gasteiger charge is -2.36. The van der Waals surface area contributed by atoms with Crippen molar-refractivity contribution < 1.29 is 23.8 Å². The molecule has 0 radical (unpaired) electrons. The van der Waals surface area contributed by atoms with E-state index in [0.717, 1.165) is 43.4 Å². The van der Waals surface area contributed by atoms with Crippen LogP contribution in [0.15, 0.2) is 66.7 Å². The standard InChI is InChI=1S/C30H32FNO4/c1-3-5-21-8-10-22(11-9-21)18-30(2)15-14-24-17-25(12-13-27(24)36-30)29(35)32(20-28(33)34)19-23-6-4-7-26(31)16-23/h4,6-13,16-17H,3,5,14-15,18-20H2,1-2H3,(H,33,34)/t30-/m0/s1. The van der Waals surface area contributed by atoms with Crippen molar-refractivity contribution in [2.24, 2.45) is 0 Å². The lowest BCUT2D eigenvalue weighted by molar-refractivity contribution is -0.137. The Morgan fingerprint density at radius 1 is 1.03 bits per heavy atom. The molecule has 0 unspecified atom stereocenters. The van der Waals surface area contributed by atoms with E-state index in [0.29, 0.717) is 11.1 Å². The second-order valence-electron chi connectivity index (χ2n) is 9.80. The molecular formula is C30H32FNO4. The number of carbonyl (C=O) groups excluding carboxylic acids is 1. The largest absolute Gasteiger partial charge is 0.487 e. The van der Waals surface area contributed by atoms with E-state index < -0.39 is 24.2 Å². The van der Waals surface area contributed by atoms with Crippen molar-refractivity contribution in [1.82, 2.24) is 4.90 Å². The average Bonchev–Trinajstić information content (AvgIpc) is 2.84. The Labute approximate surface area is 211 Å². The minimum atomic E-state index is -1.13. The molecule has 36 heavy (non-hydrogen) atoms. The number of fused-ring (bicyclic) bond motifs is 1. The first kappa shape index (κ1) is 25.4. The Hall–Kier alpha value is -3.67. The van der Waals surface area contributed by atoms with E-state index in [4.69, 9.17) is 4.74 Å². The van der Waals surface area contributed by atoms with Gasteiger partial charge in [0.2, 0.25) is 0 Å². The highest BCUT2D eigenvalue weighted by Gasteiger charge is 2.32. The number of nitrogens with zero attached hydrogens (tertiary/aromatic N) is 1. The van der Waals surface area contributed by atoms with Gasteiger partial charge in [0.1, 0.15) is 23.7 Å². The number of benzene rings is 3. The molecule has 0 bridgehead atoms. The third-order valence-corrected chi connectivity index (χ3v) is 6.60. The fourth-order valence-corrected chi connectivity index (χ4v) is 4.79. The maximum Gasteiger partial charge on any atom is 0.323 e. The normalized spacial score (nSPS) is 16.6. The summed E-state index contributed by atoms with van der Waals surface area (Å²) in [5.41, 5.74) is 4.08. The van der Waals surface area contributed by atoms with E-state index >= 15 is 0 Å². The summed E-state index contributed by atoms with van der Waals surface area (Å²) in [6.07, 6.45) is 4.55. The third kappa shape index (κ3) is 6.30. The zero-order valence-electron chi connectivity index (χ0n) is 20.8. The van der Waals surface area contributed by atoms with Crippen LogP contribution in [0.2, 0.25) is 0 Å². The molecule has 0 aromatic heterocycles. The number of carboxylic acids is 1. The van der Waals surface area contributed by atoms with Crippen LogP contribution < -0.4 is 4.74 Å². The van der Waals surface area contributed by atoms with Gasteiger partial charge in [-0.1, -0.05) is 49.7 Å². The van der Waals surface area contributed by atoms with Gasteiger partial charge in [-0.2, -0.15) is 0 Å². The van der Waals surface area contributed by atoms with Crippen molar-refractivity contribution >= 4 is 11.9 Å². The number of hydrogen-bond donors (Lipinski definition) is 1. The average molecular weight is 490 g/mol. The van der Waals surface area contributed by atoms with E-state index in [1.54, 1.807) is 30.3 Å². The highest BCUT2D eigenvalue weighted by Crippen LogP contribution is 2.36. The fraction of sp³-hybridized carbons (Fsp3) is 0.333. The van der Waals surface area contributed by atoms with Crippen LogP contribution >= 0.6 is 0 Å². The van der Waals surface area contributed by atoms with Gasteiger partial charge in [-0.05, 0) is 78.8 Å². The molecule has 0 saturated heterocycles. The first-order valence-corrected chi connectivity index (χ1v) is 12.4. The van der Waals surface area contributed by atoms with Crippen LogP contribution in [-0.2, 0) is 30.6 Å². The lowest BCUT2D eigenvalue weighted by atomic mass is 9.86. The molecule has 0 spiro atoms. The number of carboxylic acid groups (broad SMARTS) is 1. The fourth-order valence-electron chi connectivity index (χ4n) is 4.79. The Kier molecular flexibility index (Phi) is 7.73. The Morgan fingerprint density at radius 2 is 1.78 bits per heavy atom. The van der Waals surface area contributed by atoms with Crippen molar-refractivity contribution in [2.75, 3.05) is 6.54 Å². The summed E-state index contributed by atoms with van der Waals surface area (Å²) >= 11 is 0. The van der Waals surface area contributed by atoms with Crippen molar-refractivity contribution in [3.63, 3.8) is 0 Å². The second kappa shape index (κ2) is 10.9. The summed E-state index contributed by atoms with van der Waals surface area (Å²) in [5.74, 6) is -1.22. The predicted octanol–water partition coefficient (Wildman–Crippen LogP) is 5.83. The van der Waals surface area contributed by atoms with Gasteiger partial charge < -0.3 is 14.7 Å². The number of halogens is 1. The summed E-state index contributed by atoms with van der Waals surface area (Å²) in [7, 11) is 0. The van der Waals surface area contributed by atoms with Crippen LogP contribution in [-0.4, -0.2) is 34.0 Å². The van der Waals surface area contributed by atoms with Crippen molar-refractivity contribution in [3.8, 4) is 5.75 Å². The van der Waals surface area contributed by atoms with E-state index in [1.165, 1.54) is 28.2 Å². The molecule has 1 amide bonds.